The van der Waals surface area contributed by atoms with Crippen LogP contribution in [-0.2, 0) is 0 Å². The third-order valence-corrected chi connectivity index (χ3v) is 2.86. The number of nitrogen functional groups attached to an aromatic ring is 1. The zero-order chi connectivity index (χ0) is 12.7. The molecular weight excluding hydrogens is 260 g/mol. The summed E-state index contributed by atoms with van der Waals surface area (Å²) in [4.78, 5) is 10.2. The summed E-state index contributed by atoms with van der Waals surface area (Å²) < 4.78 is 0. The first-order chi connectivity index (χ1) is 8.09. The van der Waals surface area contributed by atoms with Gasteiger partial charge in [0.25, 0.3) is 0 Å². The summed E-state index contributed by atoms with van der Waals surface area (Å²) in [5.74, 6) is 0. The van der Waals surface area contributed by atoms with Crippen LogP contribution in [0.1, 0.15) is 6.42 Å². The normalized spacial score (nSPS) is 9.65. The highest BCUT2D eigenvalue weighted by Gasteiger charge is 2.01. The lowest BCUT2D eigenvalue weighted by Gasteiger charge is -2.09. The van der Waals surface area contributed by atoms with E-state index in [4.69, 9.17) is 23.1 Å². The highest BCUT2D eigenvalue weighted by molar-refractivity contribution is 7.80. The van der Waals surface area contributed by atoms with Crippen LogP contribution < -0.4 is 21.7 Å². The van der Waals surface area contributed by atoms with E-state index in [1.165, 1.54) is 11.3 Å². The summed E-state index contributed by atoms with van der Waals surface area (Å²) >= 11 is 6.55. The van der Waals surface area contributed by atoms with Crippen molar-refractivity contribution in [3.8, 4) is 0 Å². The third-order valence-electron chi connectivity index (χ3n) is 1.86. The molecule has 0 atom stereocenters. The number of rotatable bonds is 5. The third kappa shape index (κ3) is 5.36. The fourth-order valence-corrected chi connectivity index (χ4v) is 1.95. The molecule has 6 nitrogen and oxygen atoms in total. The average molecular weight is 274 g/mol. The summed E-state index contributed by atoms with van der Waals surface area (Å²) in [6, 6.07) is 0. The van der Waals surface area contributed by atoms with E-state index in [-0.39, 0.29) is 0 Å². The molecule has 0 saturated heterocycles. The van der Waals surface area contributed by atoms with Gasteiger partial charge >= 0.3 is 6.09 Å². The SMILES string of the molecule is Nc1cscc1NC(=S)NCCCNC(=O)O. The van der Waals surface area contributed by atoms with Crippen LogP contribution in [0.5, 0.6) is 0 Å². The second kappa shape index (κ2) is 6.92. The average Bonchev–Trinajstić information content (AvgIpc) is 2.63. The number of carbonyl (C=O) groups is 1. The van der Waals surface area contributed by atoms with Crippen molar-refractivity contribution >= 4 is 46.1 Å². The number of hydrogen-bond donors (Lipinski definition) is 5. The maximum atomic E-state index is 10.2. The van der Waals surface area contributed by atoms with E-state index in [0.717, 1.165) is 5.69 Å². The van der Waals surface area contributed by atoms with Crippen molar-refractivity contribution in [2.45, 2.75) is 6.42 Å². The van der Waals surface area contributed by atoms with Crippen LogP contribution in [0.2, 0.25) is 0 Å². The molecule has 1 amide bonds. The minimum atomic E-state index is -1.02. The number of thiocarbonyl (C=S) groups is 1. The van der Waals surface area contributed by atoms with Gasteiger partial charge in [-0.25, -0.2) is 4.79 Å². The van der Waals surface area contributed by atoms with Crippen molar-refractivity contribution in [2.24, 2.45) is 0 Å². The summed E-state index contributed by atoms with van der Waals surface area (Å²) in [6.45, 7) is 0.988. The highest BCUT2D eigenvalue weighted by Crippen LogP contribution is 2.22. The molecular formula is C9H14N4O2S2. The maximum Gasteiger partial charge on any atom is 0.404 e. The lowest BCUT2D eigenvalue weighted by atomic mass is 10.4. The second-order valence-corrected chi connectivity index (χ2v) is 4.36. The number of thiophene rings is 1. The molecule has 0 aliphatic rings. The molecule has 0 unspecified atom stereocenters. The summed E-state index contributed by atoms with van der Waals surface area (Å²) in [5, 5.41) is 20.7. The summed E-state index contributed by atoms with van der Waals surface area (Å²) in [5.41, 5.74) is 7.13. The first-order valence-corrected chi connectivity index (χ1v) is 6.28. The van der Waals surface area contributed by atoms with Gasteiger partial charge in [0.05, 0.1) is 11.4 Å². The van der Waals surface area contributed by atoms with Crippen LogP contribution in [0.15, 0.2) is 10.8 Å². The van der Waals surface area contributed by atoms with E-state index < -0.39 is 6.09 Å². The van der Waals surface area contributed by atoms with E-state index in [0.29, 0.717) is 30.3 Å². The van der Waals surface area contributed by atoms with Crippen molar-refractivity contribution in [1.82, 2.24) is 10.6 Å². The lowest BCUT2D eigenvalue weighted by molar-refractivity contribution is 0.194. The zero-order valence-electron chi connectivity index (χ0n) is 9.03. The van der Waals surface area contributed by atoms with E-state index in [9.17, 15) is 4.79 Å². The van der Waals surface area contributed by atoms with Crippen LogP contribution in [0.3, 0.4) is 0 Å². The monoisotopic (exact) mass is 274 g/mol. The Kier molecular flexibility index (Phi) is 5.50. The molecule has 0 radical (unpaired) electrons. The minimum Gasteiger partial charge on any atom is -0.465 e. The topological polar surface area (TPSA) is 99.4 Å². The summed E-state index contributed by atoms with van der Waals surface area (Å²) in [7, 11) is 0. The zero-order valence-corrected chi connectivity index (χ0v) is 10.7. The predicted octanol–water partition coefficient (Wildman–Crippen LogP) is 1.27. The van der Waals surface area contributed by atoms with E-state index in [1.807, 2.05) is 10.8 Å². The smallest absolute Gasteiger partial charge is 0.404 e. The number of hydrogen-bond acceptors (Lipinski definition) is 4. The van der Waals surface area contributed by atoms with Gasteiger partial charge in [-0.05, 0) is 18.6 Å². The largest absolute Gasteiger partial charge is 0.465 e. The molecule has 0 aromatic carbocycles. The fourth-order valence-electron chi connectivity index (χ4n) is 1.06. The standard InChI is InChI=1S/C9H14N4O2S2/c10-6-4-17-5-7(6)13-8(16)11-2-1-3-12-9(14)15/h4-5,12H,1-3,10H2,(H,14,15)(H2,11,13,16). The molecule has 1 heterocycles. The molecule has 0 saturated carbocycles. The molecule has 0 aliphatic heterocycles. The molecule has 1 aromatic heterocycles. The fraction of sp³-hybridized carbons (Fsp3) is 0.333. The molecule has 0 spiro atoms. The first-order valence-electron chi connectivity index (χ1n) is 4.93. The van der Waals surface area contributed by atoms with Gasteiger partial charge in [-0.3, -0.25) is 0 Å². The lowest BCUT2D eigenvalue weighted by Crippen LogP contribution is -2.31. The Hall–Kier alpha value is -1.54. The minimum absolute atomic E-state index is 0.394. The van der Waals surface area contributed by atoms with Gasteiger partial charge < -0.3 is 26.8 Å². The number of amides is 1. The molecule has 1 rings (SSSR count). The van der Waals surface area contributed by atoms with Gasteiger partial charge in [-0.2, -0.15) is 0 Å². The van der Waals surface area contributed by atoms with Crippen molar-refractivity contribution in [3.63, 3.8) is 0 Å². The van der Waals surface area contributed by atoms with Gasteiger partial charge in [0, 0.05) is 23.8 Å². The quantitative estimate of drug-likeness (QED) is 0.410. The Morgan fingerprint density at radius 2 is 2.12 bits per heavy atom. The van der Waals surface area contributed by atoms with Crippen molar-refractivity contribution in [1.29, 1.82) is 0 Å². The van der Waals surface area contributed by atoms with E-state index in [2.05, 4.69) is 16.0 Å². The number of anilines is 2. The van der Waals surface area contributed by atoms with Gasteiger partial charge in [0.15, 0.2) is 5.11 Å². The van der Waals surface area contributed by atoms with Gasteiger partial charge in [-0.1, -0.05) is 0 Å². The van der Waals surface area contributed by atoms with Crippen molar-refractivity contribution in [3.05, 3.63) is 10.8 Å². The molecule has 8 heteroatoms. The molecule has 6 N–H and O–H groups in total. The number of nitrogens with one attached hydrogen (secondary N) is 3. The van der Waals surface area contributed by atoms with Gasteiger partial charge in [-0.15, -0.1) is 11.3 Å². The maximum absolute atomic E-state index is 10.2. The van der Waals surface area contributed by atoms with Crippen LogP contribution in [0.4, 0.5) is 16.2 Å². The van der Waals surface area contributed by atoms with Gasteiger partial charge in [0.2, 0.25) is 0 Å². The van der Waals surface area contributed by atoms with E-state index in [1.54, 1.807) is 0 Å². The second-order valence-electron chi connectivity index (χ2n) is 3.21. The molecule has 0 bridgehead atoms. The van der Waals surface area contributed by atoms with Crippen LogP contribution in [0.25, 0.3) is 0 Å². The number of carboxylic acid groups (broad SMARTS) is 1. The Morgan fingerprint density at radius 1 is 1.41 bits per heavy atom. The Morgan fingerprint density at radius 3 is 2.71 bits per heavy atom. The van der Waals surface area contributed by atoms with Crippen molar-refractivity contribution < 1.29 is 9.90 Å². The molecule has 0 fully saturated rings. The Balaban J connectivity index is 2.14. The Bertz CT molecular complexity index is 394. The molecule has 94 valence electrons. The summed E-state index contributed by atoms with van der Waals surface area (Å²) in [6.07, 6.45) is -0.357. The van der Waals surface area contributed by atoms with Crippen LogP contribution >= 0.6 is 23.6 Å². The number of nitrogens with two attached hydrogens (primary N) is 1. The van der Waals surface area contributed by atoms with Crippen LogP contribution in [0, 0.1) is 0 Å². The molecule has 17 heavy (non-hydrogen) atoms. The van der Waals surface area contributed by atoms with Crippen LogP contribution in [-0.4, -0.2) is 29.4 Å². The molecule has 0 aliphatic carbocycles. The predicted molar refractivity (Wildman–Crippen MR) is 73.6 cm³/mol. The Labute approximate surface area is 108 Å². The first kappa shape index (κ1) is 13.5. The van der Waals surface area contributed by atoms with Crippen molar-refractivity contribution in [2.75, 3.05) is 24.1 Å². The van der Waals surface area contributed by atoms with E-state index >= 15 is 0 Å². The highest BCUT2D eigenvalue weighted by atomic mass is 32.1. The van der Waals surface area contributed by atoms with Gasteiger partial charge in [0.1, 0.15) is 0 Å². The molecule has 1 aromatic rings.